The molecule has 160 valence electrons. The molecule has 1 saturated heterocycles. The summed E-state index contributed by atoms with van der Waals surface area (Å²) in [6.45, 7) is 2.68. The summed E-state index contributed by atoms with van der Waals surface area (Å²) in [6, 6.07) is 12.4. The quantitative estimate of drug-likeness (QED) is 0.580. The van der Waals surface area contributed by atoms with E-state index in [1.54, 1.807) is 28.9 Å². The van der Waals surface area contributed by atoms with Crippen LogP contribution in [0.2, 0.25) is 0 Å². The predicted molar refractivity (Wildman–Crippen MR) is 108 cm³/mol. The number of hydrogen-bond acceptors (Lipinski definition) is 7. The van der Waals surface area contributed by atoms with Crippen molar-refractivity contribution in [1.82, 2.24) is 15.0 Å². The summed E-state index contributed by atoms with van der Waals surface area (Å²) in [5.74, 6) is -0.611. The fourth-order valence-corrected chi connectivity index (χ4v) is 3.41. The molecule has 2 aromatic heterocycles. The van der Waals surface area contributed by atoms with Crippen LogP contribution in [0.3, 0.4) is 0 Å². The largest absolute Gasteiger partial charge is 0.459 e. The first-order valence-corrected chi connectivity index (χ1v) is 9.84. The van der Waals surface area contributed by atoms with Crippen molar-refractivity contribution >= 4 is 17.8 Å². The molecular formula is C22H21N3O6. The van der Waals surface area contributed by atoms with Gasteiger partial charge in [0.05, 0.1) is 6.26 Å². The Morgan fingerprint density at radius 1 is 1.00 bits per heavy atom. The second-order valence-electron chi connectivity index (χ2n) is 7.05. The minimum absolute atomic E-state index is 0.202. The fraction of sp³-hybridized carbons (Fsp3) is 0.273. The lowest BCUT2D eigenvalue weighted by molar-refractivity contribution is -0.136. The zero-order valence-electron chi connectivity index (χ0n) is 16.9. The maximum Gasteiger partial charge on any atom is 0.344 e. The number of nitrogens with zero attached hydrogens (tertiary/aromatic N) is 3. The number of carbonyl (C=O) groups is 3. The molecule has 0 unspecified atom stereocenters. The van der Waals surface area contributed by atoms with E-state index in [2.05, 4.69) is 5.16 Å². The van der Waals surface area contributed by atoms with E-state index in [4.69, 9.17) is 13.7 Å². The molecule has 0 spiro atoms. The predicted octanol–water partition coefficient (Wildman–Crippen LogP) is 2.38. The molecule has 0 radical (unpaired) electrons. The van der Waals surface area contributed by atoms with Crippen LogP contribution in [-0.4, -0.2) is 65.5 Å². The summed E-state index contributed by atoms with van der Waals surface area (Å²) < 4.78 is 15.6. The number of ether oxygens (including phenoxy) is 1. The third-order valence-corrected chi connectivity index (χ3v) is 5.09. The molecule has 0 aliphatic carbocycles. The fourth-order valence-electron chi connectivity index (χ4n) is 3.41. The van der Waals surface area contributed by atoms with Gasteiger partial charge in [0.2, 0.25) is 0 Å². The van der Waals surface area contributed by atoms with Gasteiger partial charge in [-0.2, -0.15) is 0 Å². The van der Waals surface area contributed by atoms with Gasteiger partial charge >= 0.3 is 5.97 Å². The van der Waals surface area contributed by atoms with Crippen molar-refractivity contribution in [1.29, 1.82) is 0 Å². The van der Waals surface area contributed by atoms with E-state index >= 15 is 0 Å². The van der Waals surface area contributed by atoms with Crippen molar-refractivity contribution in [3.8, 4) is 11.3 Å². The van der Waals surface area contributed by atoms with Crippen molar-refractivity contribution in [2.75, 3.05) is 32.8 Å². The second-order valence-corrected chi connectivity index (χ2v) is 7.05. The molecule has 0 atom stereocenters. The average Bonchev–Trinajstić information content (AvgIpc) is 3.47. The van der Waals surface area contributed by atoms with Crippen LogP contribution < -0.4 is 0 Å². The molecule has 1 aliphatic heterocycles. The number of amides is 2. The highest BCUT2D eigenvalue weighted by Gasteiger charge is 2.28. The normalized spacial score (nSPS) is 13.8. The van der Waals surface area contributed by atoms with Crippen molar-refractivity contribution in [3.63, 3.8) is 0 Å². The topological polar surface area (TPSA) is 106 Å². The highest BCUT2D eigenvalue weighted by Crippen LogP contribution is 2.25. The Balaban J connectivity index is 1.32. The van der Waals surface area contributed by atoms with Gasteiger partial charge in [-0.1, -0.05) is 35.5 Å². The minimum Gasteiger partial charge on any atom is -0.459 e. The number of piperazine rings is 1. The number of furan rings is 1. The molecule has 0 saturated carbocycles. The average molecular weight is 423 g/mol. The number of benzene rings is 1. The molecule has 9 nitrogen and oxygen atoms in total. The van der Waals surface area contributed by atoms with Gasteiger partial charge < -0.3 is 23.5 Å². The van der Waals surface area contributed by atoms with Crippen LogP contribution in [0.1, 0.15) is 26.7 Å². The monoisotopic (exact) mass is 423 g/mol. The number of carbonyl (C=O) groups excluding carboxylic acids is 3. The van der Waals surface area contributed by atoms with Gasteiger partial charge in [0.1, 0.15) is 17.0 Å². The maximum atomic E-state index is 12.6. The Kier molecular flexibility index (Phi) is 5.83. The first kappa shape index (κ1) is 20.4. The van der Waals surface area contributed by atoms with Crippen LogP contribution in [-0.2, 0) is 9.53 Å². The van der Waals surface area contributed by atoms with Gasteiger partial charge in [-0.3, -0.25) is 9.59 Å². The van der Waals surface area contributed by atoms with Crippen molar-refractivity contribution in [2.45, 2.75) is 6.92 Å². The van der Waals surface area contributed by atoms with Crippen LogP contribution in [0.15, 0.2) is 57.7 Å². The lowest BCUT2D eigenvalue weighted by Gasteiger charge is -2.34. The highest BCUT2D eigenvalue weighted by atomic mass is 16.5. The Bertz CT molecular complexity index is 1070. The molecular weight excluding hydrogens is 402 g/mol. The van der Waals surface area contributed by atoms with Crippen LogP contribution in [0.5, 0.6) is 0 Å². The van der Waals surface area contributed by atoms with E-state index in [1.807, 2.05) is 30.3 Å². The number of aromatic nitrogens is 1. The molecule has 2 amide bonds. The van der Waals surface area contributed by atoms with Gasteiger partial charge in [0.25, 0.3) is 11.8 Å². The number of hydrogen-bond donors (Lipinski definition) is 0. The van der Waals surface area contributed by atoms with E-state index in [-0.39, 0.29) is 23.1 Å². The van der Waals surface area contributed by atoms with Crippen LogP contribution >= 0.6 is 0 Å². The SMILES string of the molecule is Cc1onc(-c2ccccc2)c1C(=O)OCC(=O)N1CCN(C(=O)c2ccco2)CC1. The van der Waals surface area contributed by atoms with E-state index in [0.717, 1.165) is 5.56 Å². The van der Waals surface area contributed by atoms with Crippen molar-refractivity contribution in [3.05, 3.63) is 65.8 Å². The van der Waals surface area contributed by atoms with Crippen LogP contribution in [0, 0.1) is 6.92 Å². The zero-order chi connectivity index (χ0) is 21.8. The number of rotatable bonds is 5. The van der Waals surface area contributed by atoms with Crippen LogP contribution in [0.4, 0.5) is 0 Å². The molecule has 3 heterocycles. The summed E-state index contributed by atoms with van der Waals surface area (Å²) in [6.07, 6.45) is 1.45. The van der Waals surface area contributed by atoms with Gasteiger partial charge in [-0.15, -0.1) is 0 Å². The smallest absolute Gasteiger partial charge is 0.344 e. The van der Waals surface area contributed by atoms with E-state index in [9.17, 15) is 14.4 Å². The lowest BCUT2D eigenvalue weighted by atomic mass is 10.1. The van der Waals surface area contributed by atoms with Gasteiger partial charge in [-0.25, -0.2) is 4.79 Å². The first-order chi connectivity index (χ1) is 15.0. The van der Waals surface area contributed by atoms with Gasteiger partial charge in [-0.05, 0) is 19.1 Å². The second kappa shape index (κ2) is 8.86. The highest BCUT2D eigenvalue weighted by molar-refractivity contribution is 5.98. The lowest BCUT2D eigenvalue weighted by Crippen LogP contribution is -2.51. The third-order valence-electron chi connectivity index (χ3n) is 5.09. The molecule has 1 aromatic carbocycles. The summed E-state index contributed by atoms with van der Waals surface area (Å²) >= 11 is 0. The summed E-state index contributed by atoms with van der Waals surface area (Å²) in [7, 11) is 0. The molecule has 31 heavy (non-hydrogen) atoms. The molecule has 4 rings (SSSR count). The third kappa shape index (κ3) is 4.35. The van der Waals surface area contributed by atoms with Gasteiger partial charge in [0, 0.05) is 31.7 Å². The Morgan fingerprint density at radius 2 is 1.71 bits per heavy atom. The minimum atomic E-state index is -0.669. The van der Waals surface area contributed by atoms with E-state index in [1.165, 1.54) is 6.26 Å². The molecule has 0 bridgehead atoms. The molecule has 9 heteroatoms. The van der Waals surface area contributed by atoms with Crippen molar-refractivity contribution < 1.29 is 28.1 Å². The Hall–Kier alpha value is -3.88. The summed E-state index contributed by atoms with van der Waals surface area (Å²) in [5.41, 5.74) is 1.29. The van der Waals surface area contributed by atoms with E-state index < -0.39 is 12.6 Å². The summed E-state index contributed by atoms with van der Waals surface area (Å²) in [5, 5.41) is 3.95. The zero-order valence-corrected chi connectivity index (χ0v) is 16.9. The summed E-state index contributed by atoms with van der Waals surface area (Å²) in [4.78, 5) is 40.6. The molecule has 3 aromatic rings. The Morgan fingerprint density at radius 3 is 2.39 bits per heavy atom. The maximum absolute atomic E-state index is 12.6. The molecule has 0 N–H and O–H groups in total. The van der Waals surface area contributed by atoms with Gasteiger partial charge in [0.15, 0.2) is 12.4 Å². The standard InChI is InChI=1S/C22H21N3O6/c1-15-19(20(23-31-15)16-6-3-2-4-7-16)22(28)30-14-18(26)24-9-11-25(12-10-24)21(27)17-8-5-13-29-17/h2-8,13H,9-12,14H2,1H3. The molecule has 1 fully saturated rings. The Labute approximate surface area is 178 Å². The number of aryl methyl sites for hydroxylation is 1. The molecule has 1 aliphatic rings. The number of esters is 1. The first-order valence-electron chi connectivity index (χ1n) is 9.84. The van der Waals surface area contributed by atoms with E-state index in [0.29, 0.717) is 37.6 Å². The van der Waals surface area contributed by atoms with Crippen LogP contribution in [0.25, 0.3) is 11.3 Å². The van der Waals surface area contributed by atoms with Crippen molar-refractivity contribution in [2.24, 2.45) is 0 Å².